The summed E-state index contributed by atoms with van der Waals surface area (Å²) >= 11 is 0. The van der Waals surface area contributed by atoms with Crippen molar-refractivity contribution in [3.8, 4) is 28.5 Å². The van der Waals surface area contributed by atoms with Crippen LogP contribution in [0.15, 0.2) is 93.0 Å². The second-order valence-corrected chi connectivity index (χ2v) is 8.63. The molecule has 1 N–H and O–H groups in total. The van der Waals surface area contributed by atoms with Gasteiger partial charge in [-0.25, -0.2) is 9.78 Å². The van der Waals surface area contributed by atoms with Crippen molar-refractivity contribution in [2.45, 2.75) is 26.8 Å². The number of rotatable bonds is 8. The van der Waals surface area contributed by atoms with E-state index >= 15 is 0 Å². The zero-order chi connectivity index (χ0) is 25.8. The van der Waals surface area contributed by atoms with E-state index in [2.05, 4.69) is 19.6 Å². The van der Waals surface area contributed by atoms with Crippen molar-refractivity contribution in [2.75, 3.05) is 6.61 Å². The third-order valence-electron chi connectivity index (χ3n) is 6.16. The first-order valence-corrected chi connectivity index (χ1v) is 12.0. The Bertz CT molecular complexity index is 1640. The average molecular weight is 531 g/mol. The predicted octanol–water partition coefficient (Wildman–Crippen LogP) is 5.02. The number of ether oxygens (including phenoxy) is 1. The first-order chi connectivity index (χ1) is 18.0. The van der Waals surface area contributed by atoms with Crippen molar-refractivity contribution in [1.82, 2.24) is 19.7 Å². The summed E-state index contributed by atoms with van der Waals surface area (Å²) in [5.41, 5.74) is 5.79. The normalized spacial score (nSPS) is 10.7. The van der Waals surface area contributed by atoms with Crippen molar-refractivity contribution in [3.05, 3.63) is 122 Å². The molecule has 5 aromatic rings. The molecule has 0 radical (unpaired) electrons. The monoisotopic (exact) mass is 530 g/mol. The van der Waals surface area contributed by atoms with Gasteiger partial charge in [0.1, 0.15) is 0 Å². The van der Waals surface area contributed by atoms with E-state index < -0.39 is 5.76 Å². The molecule has 0 spiro atoms. The minimum absolute atomic E-state index is 0. The number of nitrogens with zero attached hydrogens (tertiary/aromatic N) is 3. The lowest BCUT2D eigenvalue weighted by molar-refractivity contribution is 0.290. The Kier molecular flexibility index (Phi) is 8.23. The van der Waals surface area contributed by atoms with Crippen LogP contribution in [-0.2, 0) is 13.0 Å². The van der Waals surface area contributed by atoms with E-state index in [1.807, 2.05) is 92.7 Å². The molecular weight excluding hydrogens is 504 g/mol. The number of benzene rings is 3. The van der Waals surface area contributed by atoms with Gasteiger partial charge in [-0.2, -0.15) is 0 Å². The summed E-state index contributed by atoms with van der Waals surface area (Å²) in [6.07, 6.45) is 0.505. The van der Waals surface area contributed by atoms with Gasteiger partial charge in [0.05, 0.1) is 18.8 Å². The lowest BCUT2D eigenvalue weighted by Gasteiger charge is -2.16. The van der Waals surface area contributed by atoms with Crippen LogP contribution in [0, 0.1) is 6.92 Å². The van der Waals surface area contributed by atoms with Gasteiger partial charge in [-0.15, -0.1) is 12.4 Å². The molecule has 0 unspecified atom stereocenters. The van der Waals surface area contributed by atoms with Crippen molar-refractivity contribution in [2.24, 2.45) is 0 Å². The Balaban J connectivity index is 0.00000336. The van der Waals surface area contributed by atoms with E-state index in [9.17, 15) is 9.59 Å². The minimum atomic E-state index is -0.603. The van der Waals surface area contributed by atoms with Crippen molar-refractivity contribution < 1.29 is 9.26 Å². The Morgan fingerprint density at radius 2 is 1.58 bits per heavy atom. The molecule has 2 aromatic heterocycles. The Hall–Kier alpha value is -4.43. The van der Waals surface area contributed by atoms with Crippen LogP contribution in [0.5, 0.6) is 6.01 Å². The lowest BCUT2D eigenvalue weighted by Crippen LogP contribution is -2.28. The summed E-state index contributed by atoms with van der Waals surface area (Å²) in [7, 11) is 0. The van der Waals surface area contributed by atoms with E-state index in [0.717, 1.165) is 27.8 Å². The van der Waals surface area contributed by atoms with Gasteiger partial charge in [0.2, 0.25) is 0 Å². The summed E-state index contributed by atoms with van der Waals surface area (Å²) in [6, 6.07) is 25.7. The second-order valence-electron chi connectivity index (χ2n) is 8.63. The zero-order valence-electron chi connectivity index (χ0n) is 21.0. The first-order valence-electron chi connectivity index (χ1n) is 12.0. The van der Waals surface area contributed by atoms with Crippen LogP contribution in [0.25, 0.3) is 22.5 Å². The molecule has 0 saturated heterocycles. The van der Waals surface area contributed by atoms with Crippen LogP contribution in [0.2, 0.25) is 0 Å². The molecule has 0 amide bonds. The topological polar surface area (TPSA) is 103 Å². The van der Waals surface area contributed by atoms with Crippen molar-refractivity contribution in [3.63, 3.8) is 0 Å². The standard InChI is InChI=1S/C29H26N4O4.ClH/c1-3-36-28-30-19(2)25(17-20-9-5-4-6-10-20)27(34)33(28)18-21-13-15-22(16-14-21)23-11-7-8-12-24(23)26-31-29(35)37-32-26;/h4-16H,3,17-18H2,1-2H3,(H,31,32,35);1H. The Morgan fingerprint density at radius 1 is 0.895 bits per heavy atom. The number of hydrogen-bond acceptors (Lipinski definition) is 6. The summed E-state index contributed by atoms with van der Waals surface area (Å²) in [5.74, 6) is -0.233. The van der Waals surface area contributed by atoms with E-state index in [1.54, 1.807) is 4.57 Å². The quantitative estimate of drug-likeness (QED) is 0.302. The maximum Gasteiger partial charge on any atom is 0.439 e. The van der Waals surface area contributed by atoms with Gasteiger partial charge in [0.15, 0.2) is 5.82 Å². The Labute approximate surface area is 225 Å². The van der Waals surface area contributed by atoms with Crippen molar-refractivity contribution >= 4 is 12.4 Å². The van der Waals surface area contributed by atoms with Gasteiger partial charge in [0, 0.05) is 17.5 Å². The van der Waals surface area contributed by atoms with Crippen LogP contribution in [0.4, 0.5) is 0 Å². The highest BCUT2D eigenvalue weighted by atomic mass is 35.5. The highest BCUT2D eigenvalue weighted by molar-refractivity contribution is 5.85. The van der Waals surface area contributed by atoms with Gasteiger partial charge in [-0.1, -0.05) is 84.0 Å². The molecule has 194 valence electrons. The summed E-state index contributed by atoms with van der Waals surface area (Å²) in [5, 5.41) is 3.83. The maximum absolute atomic E-state index is 13.6. The molecule has 0 atom stereocenters. The number of halogens is 1. The third kappa shape index (κ3) is 5.60. The molecule has 0 fully saturated rings. The fourth-order valence-corrected chi connectivity index (χ4v) is 4.32. The molecule has 2 heterocycles. The minimum Gasteiger partial charge on any atom is -0.465 e. The fourth-order valence-electron chi connectivity index (χ4n) is 4.32. The molecule has 5 rings (SSSR count). The predicted molar refractivity (Wildman–Crippen MR) is 148 cm³/mol. The molecule has 0 aliphatic heterocycles. The van der Waals surface area contributed by atoms with Crippen LogP contribution in [0.3, 0.4) is 0 Å². The molecule has 0 bridgehead atoms. The molecule has 38 heavy (non-hydrogen) atoms. The highest BCUT2D eigenvalue weighted by Crippen LogP contribution is 2.30. The molecule has 8 nitrogen and oxygen atoms in total. The van der Waals surface area contributed by atoms with Gasteiger partial charge in [-0.3, -0.25) is 18.9 Å². The highest BCUT2D eigenvalue weighted by Gasteiger charge is 2.17. The molecule has 0 aliphatic rings. The summed E-state index contributed by atoms with van der Waals surface area (Å²) in [6.45, 7) is 4.45. The number of nitrogens with one attached hydrogen (secondary N) is 1. The zero-order valence-corrected chi connectivity index (χ0v) is 21.8. The van der Waals surface area contributed by atoms with Gasteiger partial charge in [-0.05, 0) is 36.1 Å². The number of aromatic nitrogens is 4. The summed E-state index contributed by atoms with van der Waals surface area (Å²) < 4.78 is 12.0. The summed E-state index contributed by atoms with van der Waals surface area (Å²) in [4.78, 5) is 32.3. The maximum atomic E-state index is 13.6. The SMILES string of the molecule is CCOc1nc(C)c(Cc2ccccc2)c(=O)n1Cc1ccc(-c2ccccc2-c2noc(=O)[nH]2)cc1.Cl. The number of hydrogen-bond donors (Lipinski definition) is 1. The van der Waals surface area contributed by atoms with Crippen LogP contribution in [0.1, 0.15) is 29.3 Å². The largest absolute Gasteiger partial charge is 0.465 e. The fraction of sp³-hybridized carbons (Fsp3) is 0.172. The van der Waals surface area contributed by atoms with E-state index in [-0.39, 0.29) is 18.0 Å². The van der Waals surface area contributed by atoms with Crippen molar-refractivity contribution in [1.29, 1.82) is 0 Å². The van der Waals surface area contributed by atoms with Crippen LogP contribution < -0.4 is 16.1 Å². The van der Waals surface area contributed by atoms with Gasteiger partial charge in [0.25, 0.3) is 11.6 Å². The van der Waals surface area contributed by atoms with Crippen LogP contribution >= 0.6 is 12.4 Å². The smallest absolute Gasteiger partial charge is 0.439 e. The van der Waals surface area contributed by atoms with E-state index in [1.165, 1.54) is 0 Å². The van der Waals surface area contributed by atoms with E-state index in [0.29, 0.717) is 42.7 Å². The van der Waals surface area contributed by atoms with Gasteiger partial charge >= 0.3 is 5.76 Å². The number of aromatic amines is 1. The molecule has 9 heteroatoms. The Morgan fingerprint density at radius 3 is 2.24 bits per heavy atom. The lowest BCUT2D eigenvalue weighted by atomic mass is 9.98. The molecule has 0 aliphatic carbocycles. The molecule has 0 saturated carbocycles. The van der Waals surface area contributed by atoms with E-state index in [4.69, 9.17) is 4.74 Å². The third-order valence-corrected chi connectivity index (χ3v) is 6.16. The first kappa shape index (κ1) is 26.6. The van der Waals surface area contributed by atoms with Gasteiger partial charge < -0.3 is 4.74 Å². The molecular formula is C29H27ClN4O4. The van der Waals surface area contributed by atoms with Crippen LogP contribution in [-0.4, -0.2) is 26.3 Å². The average Bonchev–Trinajstić information content (AvgIpc) is 3.36. The molecule has 3 aromatic carbocycles. The number of aryl methyl sites for hydroxylation is 1. The second kappa shape index (κ2) is 11.7. The number of H-pyrrole nitrogens is 1.